The number of hydrogen-bond donors (Lipinski definition) is 0. The molecule has 0 nitrogen and oxygen atoms in total. The topological polar surface area (TPSA) is 0 Å². The largest absolute Gasteiger partial charge is 0.212 e. The van der Waals surface area contributed by atoms with Crippen LogP contribution >= 0.6 is 11.6 Å². The predicted molar refractivity (Wildman–Crippen MR) is 62.1 cm³/mol. The van der Waals surface area contributed by atoms with Gasteiger partial charge < -0.3 is 0 Å². The monoisotopic (exact) mass is 218 g/mol. The fraction of sp³-hybridized carbons (Fsp3) is 0.667. The van der Waals surface area contributed by atoms with Crippen LogP contribution < -0.4 is 0 Å². The van der Waals surface area contributed by atoms with Crippen LogP contribution in [0.3, 0.4) is 0 Å². The molecule has 0 saturated heterocycles. The fourth-order valence-electron chi connectivity index (χ4n) is 1.23. The number of hydrogen-bond acceptors (Lipinski definition) is 0. The summed E-state index contributed by atoms with van der Waals surface area (Å²) in [6, 6.07) is 0. The molecule has 2 heteroatoms. The Morgan fingerprint density at radius 3 is 2.64 bits per heavy atom. The lowest BCUT2D eigenvalue weighted by Gasteiger charge is -2.06. The third kappa shape index (κ3) is 8.31. The lowest BCUT2D eigenvalue weighted by molar-refractivity contribution is 0.511. The first-order chi connectivity index (χ1) is 6.56. The molecule has 82 valence electrons. The molecule has 0 aromatic rings. The van der Waals surface area contributed by atoms with Crippen molar-refractivity contribution in [1.29, 1.82) is 0 Å². The molecular formula is C12H20ClF. The highest BCUT2D eigenvalue weighted by molar-refractivity contribution is 6.31. The molecule has 0 aliphatic rings. The first-order valence-corrected chi connectivity index (χ1v) is 5.63. The van der Waals surface area contributed by atoms with Crippen molar-refractivity contribution < 1.29 is 4.39 Å². The van der Waals surface area contributed by atoms with Gasteiger partial charge in [0.15, 0.2) is 0 Å². The summed E-state index contributed by atoms with van der Waals surface area (Å²) in [4.78, 5) is 0. The SMILES string of the molecule is CCCCC(C)C/C=C(Cl)\C=C(/C)F. The van der Waals surface area contributed by atoms with E-state index >= 15 is 0 Å². The molecule has 0 N–H and O–H groups in total. The molecule has 0 aromatic carbocycles. The Balaban J connectivity index is 3.84. The van der Waals surface area contributed by atoms with Gasteiger partial charge in [-0.05, 0) is 25.3 Å². The van der Waals surface area contributed by atoms with Gasteiger partial charge in [-0.2, -0.15) is 0 Å². The van der Waals surface area contributed by atoms with E-state index in [-0.39, 0.29) is 5.83 Å². The summed E-state index contributed by atoms with van der Waals surface area (Å²) in [5, 5.41) is 0.508. The van der Waals surface area contributed by atoms with E-state index in [1.165, 1.54) is 32.3 Å². The average Bonchev–Trinajstić information content (AvgIpc) is 2.10. The van der Waals surface area contributed by atoms with Gasteiger partial charge in [-0.15, -0.1) is 0 Å². The second kappa shape index (κ2) is 8.05. The molecule has 0 spiro atoms. The van der Waals surface area contributed by atoms with E-state index in [0.29, 0.717) is 11.0 Å². The zero-order valence-corrected chi connectivity index (χ0v) is 10.1. The van der Waals surface area contributed by atoms with Gasteiger partial charge in [0.2, 0.25) is 0 Å². The van der Waals surface area contributed by atoms with Crippen molar-refractivity contribution in [3.05, 3.63) is 23.0 Å². The molecular weight excluding hydrogens is 199 g/mol. The summed E-state index contributed by atoms with van der Waals surface area (Å²) in [6.07, 6.45) is 7.88. The van der Waals surface area contributed by atoms with Crippen molar-refractivity contribution >= 4 is 11.6 Å². The Hall–Kier alpha value is -0.300. The summed E-state index contributed by atoms with van der Waals surface area (Å²) < 4.78 is 12.4. The summed E-state index contributed by atoms with van der Waals surface area (Å²) in [7, 11) is 0. The maximum Gasteiger partial charge on any atom is 0.0983 e. The summed E-state index contributed by atoms with van der Waals surface area (Å²) >= 11 is 5.80. The van der Waals surface area contributed by atoms with E-state index in [1.807, 2.05) is 6.08 Å². The van der Waals surface area contributed by atoms with Crippen LogP contribution in [0.25, 0.3) is 0 Å². The van der Waals surface area contributed by atoms with Gasteiger partial charge >= 0.3 is 0 Å². The van der Waals surface area contributed by atoms with E-state index < -0.39 is 0 Å². The highest BCUT2D eigenvalue weighted by Crippen LogP contribution is 2.16. The standard InChI is InChI=1S/C12H20ClF/c1-4-5-6-10(2)7-8-12(13)9-11(3)14/h8-10H,4-7H2,1-3H3/b11-9+,12-8+. The van der Waals surface area contributed by atoms with Crippen LogP contribution in [0.1, 0.15) is 46.5 Å². The minimum atomic E-state index is -0.243. The number of halogens is 2. The Morgan fingerprint density at radius 2 is 2.14 bits per heavy atom. The summed E-state index contributed by atoms with van der Waals surface area (Å²) in [5.41, 5.74) is 0. The first kappa shape index (κ1) is 13.7. The molecule has 0 amide bonds. The lowest BCUT2D eigenvalue weighted by Crippen LogP contribution is -1.92. The normalized spacial score (nSPS) is 15.8. The van der Waals surface area contributed by atoms with Gasteiger partial charge in [-0.1, -0.05) is 50.8 Å². The van der Waals surface area contributed by atoms with Crippen molar-refractivity contribution in [2.45, 2.75) is 46.5 Å². The first-order valence-electron chi connectivity index (χ1n) is 5.25. The highest BCUT2D eigenvalue weighted by Gasteiger charge is 1.99. The molecule has 0 bridgehead atoms. The van der Waals surface area contributed by atoms with Crippen LogP contribution in [0.15, 0.2) is 23.0 Å². The molecule has 0 radical (unpaired) electrons. The molecule has 0 rings (SSSR count). The van der Waals surface area contributed by atoms with Gasteiger partial charge in [0, 0.05) is 5.03 Å². The number of unbranched alkanes of at least 4 members (excludes halogenated alkanes) is 1. The van der Waals surface area contributed by atoms with E-state index in [9.17, 15) is 4.39 Å². The van der Waals surface area contributed by atoms with E-state index in [4.69, 9.17) is 11.6 Å². The molecule has 0 fully saturated rings. The van der Waals surface area contributed by atoms with Gasteiger partial charge in [-0.3, -0.25) is 0 Å². The lowest BCUT2D eigenvalue weighted by atomic mass is 10.0. The Kier molecular flexibility index (Phi) is 7.87. The van der Waals surface area contributed by atoms with Gasteiger partial charge in [0.05, 0.1) is 5.83 Å². The Morgan fingerprint density at radius 1 is 1.50 bits per heavy atom. The van der Waals surface area contributed by atoms with Crippen molar-refractivity contribution in [3.63, 3.8) is 0 Å². The molecule has 1 unspecified atom stereocenters. The van der Waals surface area contributed by atoms with Crippen LogP contribution in [0.4, 0.5) is 4.39 Å². The number of rotatable bonds is 6. The quantitative estimate of drug-likeness (QED) is 0.538. The zero-order chi connectivity index (χ0) is 11.0. The molecule has 0 aliphatic heterocycles. The average molecular weight is 219 g/mol. The van der Waals surface area contributed by atoms with Crippen LogP contribution in [-0.4, -0.2) is 0 Å². The third-order valence-electron chi connectivity index (χ3n) is 2.10. The second-order valence-electron chi connectivity index (χ2n) is 3.80. The predicted octanol–water partition coefficient (Wildman–Crippen LogP) is 5.20. The Labute approximate surface area is 91.8 Å². The van der Waals surface area contributed by atoms with Crippen LogP contribution in [0.2, 0.25) is 0 Å². The van der Waals surface area contributed by atoms with Crippen LogP contribution in [0.5, 0.6) is 0 Å². The maximum absolute atomic E-state index is 12.4. The summed E-state index contributed by atoms with van der Waals surface area (Å²) in [6.45, 7) is 5.78. The molecule has 0 saturated carbocycles. The van der Waals surface area contributed by atoms with E-state index in [0.717, 1.165) is 6.42 Å². The fourth-order valence-corrected chi connectivity index (χ4v) is 1.47. The molecule has 0 aromatic heterocycles. The summed E-state index contributed by atoms with van der Waals surface area (Å²) in [5.74, 6) is 0.393. The van der Waals surface area contributed by atoms with Gasteiger partial charge in [0.25, 0.3) is 0 Å². The van der Waals surface area contributed by atoms with Crippen molar-refractivity contribution in [2.24, 2.45) is 5.92 Å². The minimum absolute atomic E-state index is 0.243. The third-order valence-corrected chi connectivity index (χ3v) is 2.37. The minimum Gasteiger partial charge on any atom is -0.212 e. The van der Waals surface area contributed by atoms with Crippen LogP contribution in [0, 0.1) is 5.92 Å². The highest BCUT2D eigenvalue weighted by atomic mass is 35.5. The maximum atomic E-state index is 12.4. The Bertz CT molecular complexity index is 202. The van der Waals surface area contributed by atoms with Crippen molar-refractivity contribution in [2.75, 3.05) is 0 Å². The van der Waals surface area contributed by atoms with Gasteiger partial charge in [0.1, 0.15) is 0 Å². The smallest absolute Gasteiger partial charge is 0.0983 e. The van der Waals surface area contributed by atoms with Gasteiger partial charge in [-0.25, -0.2) is 4.39 Å². The molecule has 14 heavy (non-hydrogen) atoms. The van der Waals surface area contributed by atoms with Crippen molar-refractivity contribution in [3.8, 4) is 0 Å². The molecule has 1 atom stereocenters. The van der Waals surface area contributed by atoms with Crippen molar-refractivity contribution in [1.82, 2.24) is 0 Å². The van der Waals surface area contributed by atoms with E-state index in [2.05, 4.69) is 13.8 Å². The van der Waals surface area contributed by atoms with E-state index in [1.54, 1.807) is 0 Å². The molecule has 0 heterocycles. The zero-order valence-electron chi connectivity index (χ0n) is 9.32. The second-order valence-corrected chi connectivity index (χ2v) is 4.24. The molecule has 0 aliphatic carbocycles. The number of allylic oxidation sites excluding steroid dienone is 4. The van der Waals surface area contributed by atoms with Crippen LogP contribution in [-0.2, 0) is 0 Å².